The number of pyridine rings is 1. The van der Waals surface area contributed by atoms with Gasteiger partial charge >= 0.3 is 0 Å². The van der Waals surface area contributed by atoms with Crippen LogP contribution in [0.3, 0.4) is 0 Å². The first-order valence-corrected chi connectivity index (χ1v) is 8.78. The van der Waals surface area contributed by atoms with E-state index in [1.54, 1.807) is 35.1 Å². The lowest BCUT2D eigenvalue weighted by atomic mass is 10.1. The van der Waals surface area contributed by atoms with Gasteiger partial charge in [-0.05, 0) is 35.2 Å². The van der Waals surface area contributed by atoms with Crippen LogP contribution in [0.25, 0.3) is 21.5 Å². The second-order valence-electron chi connectivity index (χ2n) is 4.84. The number of benzene rings is 1. The molecule has 0 saturated carbocycles. The minimum Gasteiger partial charge on any atom is -0.256 e. The summed E-state index contributed by atoms with van der Waals surface area (Å²) < 4.78 is 0. The van der Waals surface area contributed by atoms with E-state index < -0.39 is 0 Å². The Kier molecular flexibility index (Phi) is 3.83. The third kappa shape index (κ3) is 3.13. The lowest BCUT2D eigenvalue weighted by molar-refractivity contribution is 1.29. The quantitative estimate of drug-likeness (QED) is 0.427. The van der Waals surface area contributed by atoms with Gasteiger partial charge in [-0.3, -0.25) is 10.4 Å². The summed E-state index contributed by atoms with van der Waals surface area (Å²) in [4.78, 5) is 10.0. The molecule has 0 bridgehead atoms. The van der Waals surface area contributed by atoms with E-state index in [0.717, 1.165) is 27.3 Å². The highest BCUT2D eigenvalue weighted by Gasteiger charge is 2.04. The molecular weight excluding hydrogens is 324 g/mol. The van der Waals surface area contributed by atoms with Crippen LogP contribution >= 0.6 is 22.7 Å². The predicted molar refractivity (Wildman–Crippen MR) is 98.4 cm³/mol. The fourth-order valence-electron chi connectivity index (χ4n) is 2.20. The maximum absolute atomic E-state index is 4.53. The summed E-state index contributed by atoms with van der Waals surface area (Å²) in [6, 6.07) is 14.1. The first-order chi connectivity index (χ1) is 11.4. The number of rotatable bonds is 4. The summed E-state index contributed by atoms with van der Waals surface area (Å²) in [7, 11) is 0. The summed E-state index contributed by atoms with van der Waals surface area (Å²) in [5, 5.41) is 10.2. The van der Waals surface area contributed by atoms with Gasteiger partial charge in [0.2, 0.25) is 5.13 Å². The molecule has 112 valence electrons. The smallest absolute Gasteiger partial charge is 0.203 e. The zero-order valence-electron chi connectivity index (χ0n) is 12.0. The van der Waals surface area contributed by atoms with Crippen molar-refractivity contribution in [2.24, 2.45) is 5.10 Å². The highest BCUT2D eigenvalue weighted by molar-refractivity contribution is 7.15. The van der Waals surface area contributed by atoms with E-state index in [9.17, 15) is 0 Å². The number of hydrogen-bond acceptors (Lipinski definition) is 6. The number of hydrogen-bond donors (Lipinski definition) is 1. The van der Waals surface area contributed by atoms with Crippen molar-refractivity contribution < 1.29 is 0 Å². The Hall–Kier alpha value is -2.57. The highest BCUT2D eigenvalue weighted by Crippen LogP contribution is 2.28. The lowest BCUT2D eigenvalue weighted by Crippen LogP contribution is -1.90. The Labute approximate surface area is 141 Å². The third-order valence-electron chi connectivity index (χ3n) is 3.28. The fraction of sp³-hybridized carbons (Fsp3) is 0. The molecule has 3 aromatic heterocycles. The van der Waals surface area contributed by atoms with Crippen molar-refractivity contribution in [2.75, 3.05) is 5.43 Å². The fourth-order valence-corrected chi connectivity index (χ4v) is 3.62. The number of nitrogens with zero attached hydrogens (tertiary/aromatic N) is 3. The standard InChI is InChI=1S/C17H12N4S2/c1-3-13-9-12(5-6-14(13)18-7-1)10-19-21-17-20-15(11-23-17)16-4-2-8-22-16/h1-11H,(H,20,21)/b19-10-. The maximum atomic E-state index is 4.53. The van der Waals surface area contributed by atoms with Crippen molar-refractivity contribution in [1.82, 2.24) is 9.97 Å². The Morgan fingerprint density at radius 2 is 2.09 bits per heavy atom. The van der Waals surface area contributed by atoms with Gasteiger partial charge in [0.1, 0.15) is 0 Å². The second-order valence-corrected chi connectivity index (χ2v) is 6.65. The van der Waals surface area contributed by atoms with Crippen LogP contribution < -0.4 is 5.43 Å². The molecule has 1 N–H and O–H groups in total. The van der Waals surface area contributed by atoms with Crippen molar-refractivity contribution in [3.05, 3.63) is 65.0 Å². The van der Waals surface area contributed by atoms with Gasteiger partial charge in [-0.15, -0.1) is 22.7 Å². The minimum atomic E-state index is 0.784. The Balaban J connectivity index is 1.48. The SMILES string of the molecule is C(=N/Nc1nc(-c2cccs2)cs1)/c1ccc2ncccc2c1. The van der Waals surface area contributed by atoms with Crippen molar-refractivity contribution in [2.45, 2.75) is 0 Å². The molecule has 0 amide bonds. The van der Waals surface area contributed by atoms with Gasteiger partial charge in [-0.25, -0.2) is 4.98 Å². The summed E-state index contributed by atoms with van der Waals surface area (Å²) in [6.45, 7) is 0. The number of aromatic nitrogens is 2. The van der Waals surface area contributed by atoms with E-state index >= 15 is 0 Å². The number of anilines is 1. The molecule has 0 saturated heterocycles. The molecule has 0 radical (unpaired) electrons. The maximum Gasteiger partial charge on any atom is 0.203 e. The van der Waals surface area contributed by atoms with Gasteiger partial charge in [0.15, 0.2) is 0 Å². The Morgan fingerprint density at radius 1 is 1.09 bits per heavy atom. The first-order valence-electron chi connectivity index (χ1n) is 7.02. The monoisotopic (exact) mass is 336 g/mol. The molecule has 0 unspecified atom stereocenters. The van der Waals surface area contributed by atoms with Gasteiger partial charge in [0.05, 0.1) is 22.3 Å². The molecule has 0 aliphatic carbocycles. The molecule has 6 heteroatoms. The van der Waals surface area contributed by atoms with Gasteiger partial charge < -0.3 is 0 Å². The number of thiazole rings is 1. The van der Waals surface area contributed by atoms with Crippen LogP contribution in [0.4, 0.5) is 5.13 Å². The van der Waals surface area contributed by atoms with E-state index in [2.05, 4.69) is 38.0 Å². The van der Waals surface area contributed by atoms with E-state index in [0.29, 0.717) is 0 Å². The second kappa shape index (κ2) is 6.28. The number of hydrazone groups is 1. The van der Waals surface area contributed by atoms with Crippen LogP contribution in [0.2, 0.25) is 0 Å². The normalized spacial score (nSPS) is 11.3. The molecule has 0 spiro atoms. The largest absolute Gasteiger partial charge is 0.256 e. The molecule has 0 aliphatic rings. The number of fused-ring (bicyclic) bond motifs is 1. The zero-order chi connectivity index (χ0) is 15.5. The van der Waals surface area contributed by atoms with E-state index in [1.807, 2.05) is 35.7 Å². The predicted octanol–water partition coefficient (Wildman–Crippen LogP) is 4.87. The van der Waals surface area contributed by atoms with Crippen LogP contribution in [0.5, 0.6) is 0 Å². The van der Waals surface area contributed by atoms with Crippen molar-refractivity contribution in [3.8, 4) is 10.6 Å². The van der Waals surface area contributed by atoms with Crippen molar-refractivity contribution >= 4 is 44.9 Å². The zero-order valence-corrected chi connectivity index (χ0v) is 13.6. The number of thiophene rings is 1. The van der Waals surface area contributed by atoms with E-state index in [1.165, 1.54) is 4.88 Å². The summed E-state index contributed by atoms with van der Waals surface area (Å²) in [6.07, 6.45) is 3.59. The van der Waals surface area contributed by atoms with Gasteiger partial charge in [0.25, 0.3) is 0 Å². The number of nitrogens with one attached hydrogen (secondary N) is 1. The average Bonchev–Trinajstić information content (AvgIpc) is 3.26. The van der Waals surface area contributed by atoms with E-state index in [4.69, 9.17) is 0 Å². The molecule has 0 fully saturated rings. The van der Waals surface area contributed by atoms with Crippen LogP contribution in [0.1, 0.15) is 5.56 Å². The molecule has 0 aliphatic heterocycles. The topological polar surface area (TPSA) is 50.2 Å². The van der Waals surface area contributed by atoms with Gasteiger partial charge in [-0.2, -0.15) is 5.10 Å². The third-order valence-corrected chi connectivity index (χ3v) is 4.92. The van der Waals surface area contributed by atoms with Crippen LogP contribution in [0, 0.1) is 0 Å². The minimum absolute atomic E-state index is 0.784. The summed E-state index contributed by atoms with van der Waals surface area (Å²) in [5.41, 5.74) is 5.98. The molecule has 4 aromatic rings. The molecule has 1 aromatic carbocycles. The first kappa shape index (κ1) is 14.0. The van der Waals surface area contributed by atoms with Crippen LogP contribution in [-0.2, 0) is 0 Å². The van der Waals surface area contributed by atoms with Crippen LogP contribution in [-0.4, -0.2) is 16.2 Å². The lowest BCUT2D eigenvalue weighted by Gasteiger charge is -1.98. The summed E-state index contributed by atoms with van der Waals surface area (Å²) >= 11 is 3.23. The van der Waals surface area contributed by atoms with Gasteiger partial charge in [0, 0.05) is 17.0 Å². The van der Waals surface area contributed by atoms with E-state index in [-0.39, 0.29) is 0 Å². The van der Waals surface area contributed by atoms with Gasteiger partial charge in [-0.1, -0.05) is 18.2 Å². The molecule has 23 heavy (non-hydrogen) atoms. The molecule has 4 rings (SSSR count). The molecule has 0 atom stereocenters. The van der Waals surface area contributed by atoms with Crippen molar-refractivity contribution in [3.63, 3.8) is 0 Å². The van der Waals surface area contributed by atoms with Crippen LogP contribution in [0.15, 0.2) is 64.5 Å². The summed E-state index contributed by atoms with van der Waals surface area (Å²) in [5.74, 6) is 0. The average molecular weight is 336 g/mol. The molecular formula is C17H12N4S2. The Morgan fingerprint density at radius 3 is 3.00 bits per heavy atom. The highest BCUT2D eigenvalue weighted by atomic mass is 32.1. The van der Waals surface area contributed by atoms with Crippen molar-refractivity contribution in [1.29, 1.82) is 0 Å². The Bertz CT molecular complexity index is 958. The molecule has 4 nitrogen and oxygen atoms in total. The molecule has 3 heterocycles.